The summed E-state index contributed by atoms with van der Waals surface area (Å²) in [5, 5.41) is 13.0. The van der Waals surface area contributed by atoms with Gasteiger partial charge in [0.05, 0.1) is 5.52 Å². The van der Waals surface area contributed by atoms with Crippen LogP contribution < -0.4 is 5.32 Å². The molecule has 2 aromatic rings. The molecular formula is C13H14N2O2. The number of aliphatic carboxylic acids is 1. The number of carboxylic acids is 1. The van der Waals surface area contributed by atoms with Gasteiger partial charge >= 0.3 is 5.97 Å². The molecule has 0 bridgehead atoms. The van der Waals surface area contributed by atoms with Crippen molar-refractivity contribution in [3.8, 4) is 0 Å². The van der Waals surface area contributed by atoms with Crippen LogP contribution in [0.2, 0.25) is 0 Å². The molecule has 1 heterocycles. The summed E-state index contributed by atoms with van der Waals surface area (Å²) >= 11 is 0. The van der Waals surface area contributed by atoms with Crippen LogP contribution in [0.3, 0.4) is 0 Å². The van der Waals surface area contributed by atoms with Crippen LogP contribution in [-0.2, 0) is 4.79 Å². The highest BCUT2D eigenvalue weighted by Gasteiger charge is 2.26. The minimum atomic E-state index is -1.03. The molecule has 0 atom stereocenters. The minimum absolute atomic E-state index is 0.566. The van der Waals surface area contributed by atoms with Crippen molar-refractivity contribution in [2.75, 3.05) is 5.32 Å². The Hall–Kier alpha value is -2.10. The van der Waals surface area contributed by atoms with Crippen LogP contribution in [0, 0.1) is 0 Å². The van der Waals surface area contributed by atoms with Gasteiger partial charge in [0.25, 0.3) is 0 Å². The third kappa shape index (κ3) is 2.36. The highest BCUT2D eigenvalue weighted by Crippen LogP contribution is 2.18. The quantitative estimate of drug-likeness (QED) is 0.850. The van der Waals surface area contributed by atoms with E-state index in [1.165, 1.54) is 0 Å². The second-order valence-corrected chi connectivity index (χ2v) is 4.44. The zero-order valence-corrected chi connectivity index (χ0v) is 9.77. The molecule has 1 aromatic heterocycles. The molecule has 1 aromatic carbocycles. The van der Waals surface area contributed by atoms with E-state index in [1.807, 2.05) is 30.3 Å². The van der Waals surface area contributed by atoms with Gasteiger partial charge in [0.1, 0.15) is 11.4 Å². The van der Waals surface area contributed by atoms with Crippen LogP contribution in [-0.4, -0.2) is 21.6 Å². The molecule has 2 N–H and O–H groups in total. The number of carbonyl (C=O) groups is 1. The molecule has 0 unspecified atom stereocenters. The summed E-state index contributed by atoms with van der Waals surface area (Å²) < 4.78 is 0. The fraction of sp³-hybridized carbons (Fsp3) is 0.231. The third-order valence-corrected chi connectivity index (χ3v) is 2.57. The number of carboxylic acid groups (broad SMARTS) is 1. The number of aromatic nitrogens is 1. The Kier molecular flexibility index (Phi) is 2.71. The Morgan fingerprint density at radius 3 is 2.65 bits per heavy atom. The van der Waals surface area contributed by atoms with E-state index in [9.17, 15) is 4.79 Å². The first kappa shape index (κ1) is 11.4. The molecule has 4 nitrogen and oxygen atoms in total. The number of anilines is 1. The van der Waals surface area contributed by atoms with Crippen molar-refractivity contribution >= 4 is 22.7 Å². The Labute approximate surface area is 99.3 Å². The van der Waals surface area contributed by atoms with Gasteiger partial charge in [0, 0.05) is 5.39 Å². The second kappa shape index (κ2) is 4.05. The standard InChI is InChI=1S/C13H14N2O2/c1-13(2,12(16)17)15-11-8-7-9-5-3-4-6-10(9)14-11/h3-8H,1-2H3,(H,14,15)(H,16,17). The molecule has 17 heavy (non-hydrogen) atoms. The van der Waals surface area contributed by atoms with Crippen molar-refractivity contribution in [1.82, 2.24) is 4.98 Å². The number of hydrogen-bond donors (Lipinski definition) is 2. The fourth-order valence-corrected chi connectivity index (χ4v) is 1.51. The minimum Gasteiger partial charge on any atom is -0.480 e. The number of para-hydroxylation sites is 1. The summed E-state index contributed by atoms with van der Waals surface area (Å²) in [7, 11) is 0. The average Bonchev–Trinajstić information content (AvgIpc) is 2.28. The Balaban J connectivity index is 2.34. The van der Waals surface area contributed by atoms with Gasteiger partial charge in [-0.05, 0) is 32.0 Å². The van der Waals surface area contributed by atoms with Gasteiger partial charge in [-0.15, -0.1) is 0 Å². The maximum absolute atomic E-state index is 11.0. The molecule has 0 aliphatic rings. The number of benzene rings is 1. The van der Waals surface area contributed by atoms with Crippen molar-refractivity contribution in [2.24, 2.45) is 0 Å². The molecule has 0 radical (unpaired) electrons. The van der Waals surface area contributed by atoms with Crippen LogP contribution >= 0.6 is 0 Å². The number of rotatable bonds is 3. The highest BCUT2D eigenvalue weighted by atomic mass is 16.4. The highest BCUT2D eigenvalue weighted by molar-refractivity contribution is 5.83. The molecular weight excluding hydrogens is 216 g/mol. The Bertz CT molecular complexity index is 564. The van der Waals surface area contributed by atoms with Crippen molar-refractivity contribution in [1.29, 1.82) is 0 Å². The number of fused-ring (bicyclic) bond motifs is 1. The van der Waals surface area contributed by atoms with E-state index < -0.39 is 11.5 Å². The summed E-state index contributed by atoms with van der Waals surface area (Å²) in [4.78, 5) is 15.4. The molecule has 0 aliphatic heterocycles. The second-order valence-electron chi connectivity index (χ2n) is 4.44. The van der Waals surface area contributed by atoms with E-state index >= 15 is 0 Å². The molecule has 0 amide bonds. The van der Waals surface area contributed by atoms with Crippen LogP contribution in [0.4, 0.5) is 5.82 Å². The zero-order chi connectivity index (χ0) is 12.5. The summed E-state index contributed by atoms with van der Waals surface area (Å²) in [5.41, 5.74) is -0.186. The van der Waals surface area contributed by atoms with Gasteiger partial charge in [-0.2, -0.15) is 0 Å². The van der Waals surface area contributed by atoms with Crippen LogP contribution in [0.25, 0.3) is 10.9 Å². The molecule has 0 saturated heterocycles. The fourth-order valence-electron chi connectivity index (χ4n) is 1.51. The van der Waals surface area contributed by atoms with E-state index in [2.05, 4.69) is 10.3 Å². The van der Waals surface area contributed by atoms with Crippen molar-refractivity contribution < 1.29 is 9.90 Å². The normalized spacial score (nSPS) is 11.4. The smallest absolute Gasteiger partial charge is 0.328 e. The van der Waals surface area contributed by atoms with Gasteiger partial charge in [-0.3, -0.25) is 0 Å². The first-order chi connectivity index (χ1) is 7.99. The number of hydrogen-bond acceptors (Lipinski definition) is 3. The van der Waals surface area contributed by atoms with Gasteiger partial charge in [-0.25, -0.2) is 9.78 Å². The lowest BCUT2D eigenvalue weighted by Crippen LogP contribution is -2.40. The predicted octanol–water partition coefficient (Wildman–Crippen LogP) is 2.51. The Morgan fingerprint density at radius 1 is 1.24 bits per heavy atom. The molecule has 88 valence electrons. The van der Waals surface area contributed by atoms with Crippen LogP contribution in [0.15, 0.2) is 36.4 Å². The SMILES string of the molecule is CC(C)(Nc1ccc2ccccc2n1)C(=O)O. The van der Waals surface area contributed by atoms with E-state index in [-0.39, 0.29) is 0 Å². The molecule has 4 heteroatoms. The molecule has 0 fully saturated rings. The average molecular weight is 230 g/mol. The first-order valence-electron chi connectivity index (χ1n) is 5.36. The molecule has 0 aliphatic carbocycles. The lowest BCUT2D eigenvalue weighted by Gasteiger charge is -2.21. The third-order valence-electron chi connectivity index (χ3n) is 2.57. The van der Waals surface area contributed by atoms with Crippen molar-refractivity contribution in [3.63, 3.8) is 0 Å². The number of pyridine rings is 1. The Morgan fingerprint density at radius 2 is 1.94 bits per heavy atom. The maximum atomic E-state index is 11.0. The topological polar surface area (TPSA) is 62.2 Å². The van der Waals surface area contributed by atoms with Gasteiger partial charge in [0.15, 0.2) is 0 Å². The van der Waals surface area contributed by atoms with Gasteiger partial charge in [0.2, 0.25) is 0 Å². The van der Waals surface area contributed by atoms with E-state index in [0.29, 0.717) is 5.82 Å². The van der Waals surface area contributed by atoms with Gasteiger partial charge < -0.3 is 10.4 Å². The monoisotopic (exact) mass is 230 g/mol. The molecule has 0 saturated carbocycles. The predicted molar refractivity (Wildman–Crippen MR) is 67.1 cm³/mol. The maximum Gasteiger partial charge on any atom is 0.328 e. The first-order valence-corrected chi connectivity index (χ1v) is 5.36. The number of nitrogens with one attached hydrogen (secondary N) is 1. The summed E-state index contributed by atoms with van der Waals surface area (Å²) in [6, 6.07) is 11.4. The molecule has 0 spiro atoms. The lowest BCUT2D eigenvalue weighted by atomic mass is 10.1. The molecule has 2 rings (SSSR count). The van der Waals surface area contributed by atoms with Crippen LogP contribution in [0.1, 0.15) is 13.8 Å². The van der Waals surface area contributed by atoms with Crippen molar-refractivity contribution in [3.05, 3.63) is 36.4 Å². The van der Waals surface area contributed by atoms with Crippen molar-refractivity contribution in [2.45, 2.75) is 19.4 Å². The van der Waals surface area contributed by atoms with E-state index in [0.717, 1.165) is 10.9 Å². The summed E-state index contributed by atoms with van der Waals surface area (Å²) in [5.74, 6) is -0.344. The lowest BCUT2D eigenvalue weighted by molar-refractivity contribution is -0.141. The van der Waals surface area contributed by atoms with Gasteiger partial charge in [-0.1, -0.05) is 18.2 Å². The summed E-state index contributed by atoms with van der Waals surface area (Å²) in [6.45, 7) is 3.21. The largest absolute Gasteiger partial charge is 0.480 e. The van der Waals surface area contributed by atoms with E-state index in [4.69, 9.17) is 5.11 Å². The van der Waals surface area contributed by atoms with Crippen LogP contribution in [0.5, 0.6) is 0 Å². The zero-order valence-electron chi connectivity index (χ0n) is 9.77. The summed E-state index contributed by atoms with van der Waals surface area (Å²) in [6.07, 6.45) is 0. The van der Waals surface area contributed by atoms with E-state index in [1.54, 1.807) is 19.9 Å². The number of nitrogens with zero attached hydrogens (tertiary/aromatic N) is 1.